The number of thiazole rings is 1. The van der Waals surface area contributed by atoms with Gasteiger partial charge in [-0.05, 0) is 54.3 Å². The average molecular weight is 357 g/mol. The van der Waals surface area contributed by atoms with Gasteiger partial charge in [0.05, 0.1) is 16.3 Å². The fraction of sp³-hybridized carbons (Fsp3) is 0.111. The lowest BCUT2D eigenvalue weighted by Gasteiger charge is -1.99. The highest BCUT2D eigenvalue weighted by molar-refractivity contribution is 7.11. The third-order valence-corrected chi connectivity index (χ3v) is 5.41. The molecule has 6 heteroatoms. The molecule has 3 rings (SSSR count). The second-order valence-electron chi connectivity index (χ2n) is 5.13. The van der Waals surface area contributed by atoms with E-state index in [-0.39, 0.29) is 11.3 Å². The molecule has 1 aromatic carbocycles. The minimum Gasteiger partial charge on any atom is -0.497 e. The van der Waals surface area contributed by atoms with Crippen LogP contribution in [-0.2, 0) is 0 Å². The zero-order valence-corrected chi connectivity index (χ0v) is 14.8. The van der Waals surface area contributed by atoms with E-state index in [0.717, 1.165) is 10.4 Å². The first kappa shape index (κ1) is 16.4. The molecular formula is C18H15NO3S2. The molecule has 0 saturated carbocycles. The normalized spacial score (nSPS) is 12.6. The summed E-state index contributed by atoms with van der Waals surface area (Å²) in [5.41, 5.74) is 1.50. The maximum absolute atomic E-state index is 12.3. The minimum atomic E-state index is -0.179. The van der Waals surface area contributed by atoms with E-state index in [1.54, 1.807) is 42.7 Å². The molecule has 0 radical (unpaired) electrons. The van der Waals surface area contributed by atoms with Crippen LogP contribution in [0.5, 0.6) is 5.75 Å². The van der Waals surface area contributed by atoms with Gasteiger partial charge < -0.3 is 9.72 Å². The molecule has 3 aromatic rings. The number of ether oxygens (including phenoxy) is 1. The Hall–Kier alpha value is -2.44. The number of ketones is 1. The lowest BCUT2D eigenvalue weighted by Crippen LogP contribution is -2.19. The van der Waals surface area contributed by atoms with Crippen LogP contribution in [0.1, 0.15) is 20.8 Å². The fourth-order valence-electron chi connectivity index (χ4n) is 2.13. The third kappa shape index (κ3) is 3.55. The van der Waals surface area contributed by atoms with E-state index < -0.39 is 0 Å². The number of thiophene rings is 1. The van der Waals surface area contributed by atoms with Gasteiger partial charge in [0, 0.05) is 16.5 Å². The molecular weight excluding hydrogens is 342 g/mol. The van der Waals surface area contributed by atoms with E-state index in [4.69, 9.17) is 4.74 Å². The molecule has 0 fully saturated rings. The number of aromatic amines is 1. The molecule has 0 spiro atoms. The summed E-state index contributed by atoms with van der Waals surface area (Å²) in [4.78, 5) is 28.1. The number of benzene rings is 1. The zero-order valence-electron chi connectivity index (χ0n) is 13.2. The van der Waals surface area contributed by atoms with Gasteiger partial charge in [-0.25, -0.2) is 0 Å². The summed E-state index contributed by atoms with van der Waals surface area (Å²) in [6.07, 6.45) is 3.31. The van der Waals surface area contributed by atoms with E-state index in [0.29, 0.717) is 20.5 Å². The first-order valence-electron chi connectivity index (χ1n) is 7.22. The summed E-state index contributed by atoms with van der Waals surface area (Å²) in [5.74, 6) is 0.535. The smallest absolute Gasteiger partial charge is 0.266 e. The van der Waals surface area contributed by atoms with Crippen LogP contribution >= 0.6 is 22.7 Å². The van der Waals surface area contributed by atoms with E-state index in [1.807, 2.05) is 24.4 Å². The number of aryl methyl sites for hydroxylation is 1. The third-order valence-electron chi connectivity index (χ3n) is 3.48. The SMILES string of the molecule is COc1ccc(C(=O)C=c2[nH]c(=O)c(=Cc3sccc3C)s2)cc1. The quantitative estimate of drug-likeness (QED) is 0.729. The highest BCUT2D eigenvalue weighted by Crippen LogP contribution is 2.15. The molecule has 0 atom stereocenters. The maximum Gasteiger partial charge on any atom is 0.266 e. The van der Waals surface area contributed by atoms with Crippen molar-refractivity contribution in [1.82, 2.24) is 4.98 Å². The van der Waals surface area contributed by atoms with Crippen molar-refractivity contribution in [3.63, 3.8) is 0 Å². The standard InChI is InChI=1S/C18H15NO3S2/c1-11-7-8-23-15(11)10-16-18(21)19-17(24-16)9-14(20)12-3-5-13(22-2)6-4-12/h3-10H,1-2H3,(H,19,21). The van der Waals surface area contributed by atoms with E-state index in [9.17, 15) is 9.59 Å². The van der Waals surface area contributed by atoms with Crippen LogP contribution in [0, 0.1) is 6.92 Å². The predicted molar refractivity (Wildman–Crippen MR) is 98.6 cm³/mol. The topological polar surface area (TPSA) is 59.2 Å². The first-order chi connectivity index (χ1) is 11.6. The molecule has 0 amide bonds. The largest absolute Gasteiger partial charge is 0.497 e. The lowest BCUT2D eigenvalue weighted by atomic mass is 10.1. The Labute approximate surface area is 146 Å². The van der Waals surface area contributed by atoms with Crippen LogP contribution in [0.15, 0.2) is 40.5 Å². The van der Waals surface area contributed by atoms with Crippen molar-refractivity contribution in [1.29, 1.82) is 0 Å². The van der Waals surface area contributed by atoms with Crippen LogP contribution < -0.4 is 19.5 Å². The summed E-state index contributed by atoms with van der Waals surface area (Å²) in [5, 5.41) is 1.99. The summed E-state index contributed by atoms with van der Waals surface area (Å²) in [6.45, 7) is 2.00. The van der Waals surface area contributed by atoms with Crippen LogP contribution in [0.25, 0.3) is 12.2 Å². The number of hydrogen-bond donors (Lipinski definition) is 1. The number of rotatable bonds is 4. The molecule has 2 aromatic heterocycles. The molecule has 0 aliphatic carbocycles. The molecule has 122 valence electrons. The van der Waals surface area contributed by atoms with Crippen molar-refractivity contribution in [2.75, 3.05) is 7.11 Å². The second-order valence-corrected chi connectivity index (χ2v) is 7.17. The van der Waals surface area contributed by atoms with Crippen LogP contribution in [-0.4, -0.2) is 17.9 Å². The monoisotopic (exact) mass is 357 g/mol. The average Bonchev–Trinajstić information content (AvgIpc) is 3.14. The number of nitrogens with one attached hydrogen (secondary N) is 1. The maximum atomic E-state index is 12.3. The van der Waals surface area contributed by atoms with Crippen LogP contribution in [0.4, 0.5) is 0 Å². The van der Waals surface area contributed by atoms with Crippen molar-refractivity contribution in [2.24, 2.45) is 0 Å². The van der Waals surface area contributed by atoms with Gasteiger partial charge in [-0.1, -0.05) is 0 Å². The Morgan fingerprint density at radius 3 is 2.58 bits per heavy atom. The van der Waals surface area contributed by atoms with Crippen LogP contribution in [0.3, 0.4) is 0 Å². The van der Waals surface area contributed by atoms with Gasteiger partial charge in [-0.3, -0.25) is 9.59 Å². The summed E-state index contributed by atoms with van der Waals surface area (Å²) >= 11 is 2.86. The first-order valence-corrected chi connectivity index (χ1v) is 8.91. The van der Waals surface area contributed by atoms with Gasteiger partial charge in [0.15, 0.2) is 5.78 Å². The number of methoxy groups -OCH3 is 1. The molecule has 24 heavy (non-hydrogen) atoms. The highest BCUT2D eigenvalue weighted by atomic mass is 32.1. The fourth-order valence-corrected chi connectivity index (χ4v) is 3.93. The van der Waals surface area contributed by atoms with Crippen molar-refractivity contribution in [3.05, 3.63) is 71.3 Å². The molecule has 0 aliphatic rings. The number of carbonyl (C=O) groups is 1. The Balaban J connectivity index is 1.95. The minimum absolute atomic E-state index is 0.158. The summed E-state index contributed by atoms with van der Waals surface area (Å²) in [6, 6.07) is 8.88. The molecule has 0 unspecified atom stereocenters. The van der Waals surface area contributed by atoms with Crippen molar-refractivity contribution >= 4 is 40.6 Å². The molecule has 0 saturated heterocycles. The van der Waals surface area contributed by atoms with Crippen molar-refractivity contribution in [2.45, 2.75) is 6.92 Å². The number of carbonyl (C=O) groups excluding carboxylic acids is 1. The van der Waals surface area contributed by atoms with E-state index in [2.05, 4.69) is 4.98 Å². The van der Waals surface area contributed by atoms with Gasteiger partial charge in [-0.2, -0.15) is 0 Å². The van der Waals surface area contributed by atoms with Gasteiger partial charge >= 0.3 is 0 Å². The van der Waals surface area contributed by atoms with Gasteiger partial charge in [0.25, 0.3) is 5.56 Å². The summed E-state index contributed by atoms with van der Waals surface area (Å²) < 4.78 is 6.21. The molecule has 0 bridgehead atoms. The number of H-pyrrole nitrogens is 1. The second kappa shape index (κ2) is 6.98. The molecule has 1 N–H and O–H groups in total. The zero-order chi connectivity index (χ0) is 17.1. The Morgan fingerprint density at radius 1 is 1.21 bits per heavy atom. The Morgan fingerprint density at radius 2 is 1.96 bits per heavy atom. The Bertz CT molecular complexity index is 1040. The van der Waals surface area contributed by atoms with Crippen molar-refractivity contribution in [3.8, 4) is 5.75 Å². The predicted octanol–water partition coefficient (Wildman–Crippen LogP) is 2.31. The van der Waals surface area contributed by atoms with E-state index in [1.165, 1.54) is 17.4 Å². The lowest BCUT2D eigenvalue weighted by molar-refractivity contribution is 0.106. The molecule has 2 heterocycles. The van der Waals surface area contributed by atoms with Gasteiger partial charge in [-0.15, -0.1) is 22.7 Å². The Kier molecular flexibility index (Phi) is 4.78. The van der Waals surface area contributed by atoms with Crippen LogP contribution in [0.2, 0.25) is 0 Å². The number of hydrogen-bond acceptors (Lipinski definition) is 5. The van der Waals surface area contributed by atoms with E-state index >= 15 is 0 Å². The number of Topliss-reactive ketones (excluding diaryl/α,β-unsaturated/α-hetero) is 1. The van der Waals surface area contributed by atoms with Gasteiger partial charge in [0.2, 0.25) is 0 Å². The molecule has 0 aliphatic heterocycles. The van der Waals surface area contributed by atoms with Gasteiger partial charge in [0.1, 0.15) is 5.75 Å². The highest BCUT2D eigenvalue weighted by Gasteiger charge is 2.04. The number of aromatic nitrogens is 1. The summed E-state index contributed by atoms with van der Waals surface area (Å²) in [7, 11) is 1.58. The van der Waals surface area contributed by atoms with Crippen molar-refractivity contribution < 1.29 is 9.53 Å². The molecule has 4 nitrogen and oxygen atoms in total.